The van der Waals surface area contributed by atoms with Gasteiger partial charge in [-0.05, 0) is 74.4 Å². The Bertz CT molecular complexity index is 1170. The van der Waals surface area contributed by atoms with Gasteiger partial charge in [0.1, 0.15) is 11.5 Å². The second kappa shape index (κ2) is 11.1. The number of nitriles is 1. The molecule has 3 rings (SSSR count). The van der Waals surface area contributed by atoms with Crippen molar-refractivity contribution in [3.8, 4) is 28.8 Å². The van der Waals surface area contributed by atoms with Crippen LogP contribution in [0.1, 0.15) is 35.4 Å². The van der Waals surface area contributed by atoms with Crippen molar-refractivity contribution in [2.24, 2.45) is 0 Å². The van der Waals surface area contributed by atoms with Crippen LogP contribution < -0.4 is 9.47 Å². The summed E-state index contributed by atoms with van der Waals surface area (Å²) in [5, 5.41) is 18.0. The largest absolute Gasteiger partial charge is 0.482 e. The molecule has 3 aromatic rings. The van der Waals surface area contributed by atoms with Gasteiger partial charge in [-0.3, -0.25) is 0 Å². The second-order valence-corrected chi connectivity index (χ2v) is 7.46. The van der Waals surface area contributed by atoms with Crippen LogP contribution in [-0.4, -0.2) is 35.9 Å². The molecule has 0 amide bonds. The summed E-state index contributed by atoms with van der Waals surface area (Å²) >= 11 is 0. The van der Waals surface area contributed by atoms with Crippen molar-refractivity contribution >= 4 is 5.97 Å². The highest BCUT2D eigenvalue weighted by Gasteiger charge is 2.17. The van der Waals surface area contributed by atoms with Crippen molar-refractivity contribution in [2.75, 3.05) is 19.8 Å². The fourth-order valence-corrected chi connectivity index (χ4v) is 3.31. The molecule has 33 heavy (non-hydrogen) atoms. The average Bonchev–Trinajstić information content (AvgIpc) is 2.81. The fraction of sp³-hybridized carbons (Fsp3) is 0.269. The third-order valence-corrected chi connectivity index (χ3v) is 4.99. The minimum atomic E-state index is -1.03. The Morgan fingerprint density at radius 1 is 1.12 bits per heavy atom. The van der Waals surface area contributed by atoms with Gasteiger partial charge in [-0.2, -0.15) is 5.26 Å². The Balaban J connectivity index is 1.85. The van der Waals surface area contributed by atoms with Gasteiger partial charge in [0, 0.05) is 12.2 Å². The smallest absolute Gasteiger partial charge is 0.341 e. The van der Waals surface area contributed by atoms with Crippen molar-refractivity contribution < 1.29 is 24.1 Å². The lowest BCUT2D eigenvalue weighted by molar-refractivity contribution is -0.139. The molecule has 0 spiro atoms. The average molecular weight is 447 g/mol. The van der Waals surface area contributed by atoms with E-state index in [4.69, 9.17) is 24.3 Å². The van der Waals surface area contributed by atoms with Crippen LogP contribution in [0.5, 0.6) is 11.5 Å². The number of ether oxygens (including phenoxy) is 3. The number of hydrogen-bond acceptors (Lipinski definition) is 6. The molecule has 7 heteroatoms. The van der Waals surface area contributed by atoms with Gasteiger partial charge in [-0.15, -0.1) is 0 Å². The van der Waals surface area contributed by atoms with Crippen LogP contribution in [0.4, 0.5) is 0 Å². The number of hydrogen-bond donors (Lipinski definition) is 1. The molecule has 0 radical (unpaired) electrons. The van der Waals surface area contributed by atoms with Gasteiger partial charge >= 0.3 is 5.97 Å². The highest BCUT2D eigenvalue weighted by molar-refractivity contribution is 5.68. The molecule has 0 bridgehead atoms. The molecule has 2 aromatic carbocycles. The molecule has 0 fully saturated rings. The highest BCUT2D eigenvalue weighted by Crippen LogP contribution is 2.29. The molecule has 1 aromatic heterocycles. The minimum Gasteiger partial charge on any atom is -0.482 e. The maximum Gasteiger partial charge on any atom is 0.341 e. The first-order valence-electron chi connectivity index (χ1n) is 10.6. The van der Waals surface area contributed by atoms with Gasteiger partial charge in [0.2, 0.25) is 0 Å². The third-order valence-electron chi connectivity index (χ3n) is 4.99. The summed E-state index contributed by atoms with van der Waals surface area (Å²) in [5.74, 6) is 0.0543. The minimum absolute atomic E-state index is 0.315. The molecule has 1 atom stereocenters. The molecule has 0 unspecified atom stereocenters. The maximum atomic E-state index is 10.7. The SMILES string of the molecule is CCOC[C@H](Oc1ccc(OCC(=O)O)c(C)c1)c1cccc(-c2ccc(C#N)c(C)c2)n1. The van der Waals surface area contributed by atoms with Crippen molar-refractivity contribution in [1.82, 2.24) is 4.98 Å². The summed E-state index contributed by atoms with van der Waals surface area (Å²) in [6, 6.07) is 18.8. The number of carbonyl (C=O) groups is 1. The molecule has 0 aliphatic rings. The van der Waals surface area contributed by atoms with E-state index in [1.54, 1.807) is 24.3 Å². The predicted octanol–water partition coefficient (Wildman–Crippen LogP) is 4.86. The number of benzene rings is 2. The van der Waals surface area contributed by atoms with Crippen LogP contribution in [0.15, 0.2) is 54.6 Å². The first-order valence-corrected chi connectivity index (χ1v) is 10.6. The standard InChI is InChI=1S/C26H26N2O5/c1-4-31-15-25(33-21-10-11-24(18(3)13-21)32-16-26(29)30)23-7-5-6-22(28-23)19-8-9-20(14-27)17(2)12-19/h5-13,25H,4,15-16H2,1-3H3,(H,29,30)/t25-/m0/s1. The quantitative estimate of drug-likeness (QED) is 0.475. The summed E-state index contributed by atoms with van der Waals surface area (Å²) in [6.45, 7) is 6.09. The van der Waals surface area contributed by atoms with Crippen LogP contribution in [0, 0.1) is 25.2 Å². The van der Waals surface area contributed by atoms with Crippen molar-refractivity contribution in [3.05, 3.63) is 77.0 Å². The van der Waals surface area contributed by atoms with E-state index in [1.165, 1.54) is 0 Å². The van der Waals surface area contributed by atoms with E-state index in [0.29, 0.717) is 36.0 Å². The molecule has 0 saturated heterocycles. The Morgan fingerprint density at radius 2 is 1.94 bits per heavy atom. The zero-order valence-electron chi connectivity index (χ0n) is 18.9. The van der Waals surface area contributed by atoms with Crippen LogP contribution >= 0.6 is 0 Å². The Morgan fingerprint density at radius 3 is 2.61 bits per heavy atom. The molecule has 170 valence electrons. The van der Waals surface area contributed by atoms with E-state index >= 15 is 0 Å². The number of carboxylic acids is 1. The number of aryl methyl sites for hydroxylation is 2. The molecular formula is C26H26N2O5. The van der Waals surface area contributed by atoms with E-state index < -0.39 is 18.7 Å². The van der Waals surface area contributed by atoms with Crippen molar-refractivity contribution in [2.45, 2.75) is 26.9 Å². The highest BCUT2D eigenvalue weighted by atomic mass is 16.5. The first-order chi connectivity index (χ1) is 15.9. The van der Waals surface area contributed by atoms with Crippen LogP contribution in [-0.2, 0) is 9.53 Å². The lowest BCUT2D eigenvalue weighted by Crippen LogP contribution is -2.16. The molecule has 1 N–H and O–H groups in total. The van der Waals surface area contributed by atoms with E-state index in [1.807, 2.05) is 51.1 Å². The van der Waals surface area contributed by atoms with E-state index in [0.717, 1.165) is 22.4 Å². The topological polar surface area (TPSA) is 102 Å². The van der Waals surface area contributed by atoms with Gasteiger partial charge in [0.15, 0.2) is 12.7 Å². The number of aliphatic carboxylic acids is 1. The number of nitrogens with zero attached hydrogens (tertiary/aromatic N) is 2. The Kier molecular flexibility index (Phi) is 8.01. The normalized spacial score (nSPS) is 11.5. The zero-order chi connectivity index (χ0) is 23.8. The Labute approximate surface area is 193 Å². The van der Waals surface area contributed by atoms with Crippen LogP contribution in [0.25, 0.3) is 11.3 Å². The van der Waals surface area contributed by atoms with Crippen LogP contribution in [0.3, 0.4) is 0 Å². The predicted molar refractivity (Wildman–Crippen MR) is 123 cm³/mol. The molecule has 1 heterocycles. The van der Waals surface area contributed by atoms with Crippen molar-refractivity contribution in [1.29, 1.82) is 5.26 Å². The summed E-state index contributed by atoms with van der Waals surface area (Å²) < 4.78 is 17.1. The van der Waals surface area contributed by atoms with Gasteiger partial charge in [-0.25, -0.2) is 9.78 Å². The molecular weight excluding hydrogens is 420 g/mol. The van der Waals surface area contributed by atoms with E-state index in [-0.39, 0.29) is 0 Å². The molecule has 7 nitrogen and oxygen atoms in total. The number of aromatic nitrogens is 1. The van der Waals surface area contributed by atoms with Crippen LogP contribution in [0.2, 0.25) is 0 Å². The molecule has 0 aliphatic carbocycles. The number of rotatable bonds is 10. The van der Waals surface area contributed by atoms with Gasteiger partial charge in [-0.1, -0.05) is 12.1 Å². The van der Waals surface area contributed by atoms with Gasteiger partial charge in [0.25, 0.3) is 0 Å². The summed E-state index contributed by atoms with van der Waals surface area (Å²) in [6.07, 6.45) is -0.449. The Hall–Kier alpha value is -3.89. The van der Waals surface area contributed by atoms with Gasteiger partial charge in [0.05, 0.1) is 29.6 Å². The fourth-order valence-electron chi connectivity index (χ4n) is 3.31. The first kappa shape index (κ1) is 23.8. The molecule has 0 saturated carbocycles. The van der Waals surface area contributed by atoms with E-state index in [2.05, 4.69) is 6.07 Å². The van der Waals surface area contributed by atoms with Crippen molar-refractivity contribution in [3.63, 3.8) is 0 Å². The summed E-state index contributed by atoms with van der Waals surface area (Å²) in [7, 11) is 0. The lowest BCUT2D eigenvalue weighted by Gasteiger charge is -2.20. The number of carboxylic acid groups (broad SMARTS) is 1. The summed E-state index contributed by atoms with van der Waals surface area (Å²) in [4.78, 5) is 15.5. The monoisotopic (exact) mass is 446 g/mol. The second-order valence-electron chi connectivity index (χ2n) is 7.46. The zero-order valence-corrected chi connectivity index (χ0v) is 18.9. The molecule has 0 aliphatic heterocycles. The summed E-state index contributed by atoms with van der Waals surface area (Å²) in [5.41, 5.74) is 4.70. The van der Waals surface area contributed by atoms with Gasteiger partial charge < -0.3 is 19.3 Å². The van der Waals surface area contributed by atoms with E-state index in [9.17, 15) is 10.1 Å². The lowest BCUT2D eigenvalue weighted by atomic mass is 10.0. The maximum absolute atomic E-state index is 10.7. The third kappa shape index (κ3) is 6.31. The number of pyridine rings is 1.